The van der Waals surface area contributed by atoms with E-state index in [4.69, 9.17) is 4.74 Å². The van der Waals surface area contributed by atoms with Crippen molar-refractivity contribution in [2.75, 3.05) is 33.3 Å². The van der Waals surface area contributed by atoms with E-state index < -0.39 is 17.3 Å². The molecule has 2 unspecified atom stereocenters. The molecular formula is C23H29F3N2O2. The first-order chi connectivity index (χ1) is 14.2. The van der Waals surface area contributed by atoms with Gasteiger partial charge in [0.1, 0.15) is 5.75 Å². The molecule has 0 saturated carbocycles. The van der Waals surface area contributed by atoms with E-state index in [1.54, 1.807) is 7.11 Å². The van der Waals surface area contributed by atoms with Crippen molar-refractivity contribution in [3.05, 3.63) is 65.2 Å². The Morgan fingerprint density at radius 2 is 1.70 bits per heavy atom. The summed E-state index contributed by atoms with van der Waals surface area (Å²) in [6, 6.07) is 12.9. The van der Waals surface area contributed by atoms with Crippen LogP contribution in [0.25, 0.3) is 0 Å². The Morgan fingerprint density at radius 3 is 2.30 bits per heavy atom. The lowest BCUT2D eigenvalue weighted by molar-refractivity contribution is -0.137. The average Bonchev–Trinajstić information content (AvgIpc) is 3.25. The highest BCUT2D eigenvalue weighted by molar-refractivity contribution is 5.31. The van der Waals surface area contributed by atoms with Crippen LogP contribution in [0.5, 0.6) is 5.75 Å². The fraction of sp³-hybridized carbons (Fsp3) is 0.478. The van der Waals surface area contributed by atoms with E-state index in [9.17, 15) is 18.3 Å². The highest BCUT2D eigenvalue weighted by Gasteiger charge is 2.33. The number of halogens is 3. The summed E-state index contributed by atoms with van der Waals surface area (Å²) in [5.41, 5.74) is -0.791. The molecule has 2 N–H and O–H groups in total. The monoisotopic (exact) mass is 422 g/mol. The normalized spacial score (nSPS) is 18.2. The van der Waals surface area contributed by atoms with E-state index in [1.165, 1.54) is 19.1 Å². The maximum absolute atomic E-state index is 13.0. The molecule has 1 aliphatic heterocycles. The Morgan fingerprint density at radius 1 is 1.07 bits per heavy atom. The maximum atomic E-state index is 13.0. The zero-order chi connectivity index (χ0) is 21.8. The lowest BCUT2D eigenvalue weighted by Crippen LogP contribution is -2.40. The second-order valence-corrected chi connectivity index (χ2v) is 8.02. The molecule has 4 nitrogen and oxygen atoms in total. The Hall–Kier alpha value is -2.09. The number of methoxy groups -OCH3 is 1. The highest BCUT2D eigenvalue weighted by Crippen LogP contribution is 2.32. The average molecular weight is 422 g/mol. The van der Waals surface area contributed by atoms with Crippen LogP contribution in [0.15, 0.2) is 48.5 Å². The zero-order valence-electron chi connectivity index (χ0n) is 17.4. The zero-order valence-corrected chi connectivity index (χ0v) is 17.4. The number of alkyl halides is 3. The molecule has 1 aliphatic rings. The number of nitrogens with zero attached hydrogens (tertiary/aromatic N) is 1. The summed E-state index contributed by atoms with van der Waals surface area (Å²) in [6.07, 6.45) is -2.14. The van der Waals surface area contributed by atoms with Crippen LogP contribution >= 0.6 is 0 Å². The third-order valence-corrected chi connectivity index (χ3v) is 5.70. The highest BCUT2D eigenvalue weighted by atomic mass is 19.4. The first-order valence-electron chi connectivity index (χ1n) is 10.2. The number of likely N-dealkylation sites (tertiary alicyclic amines) is 1. The Bertz CT molecular complexity index is 816. The lowest BCUT2D eigenvalue weighted by atomic mass is 9.94. The van der Waals surface area contributed by atoms with Gasteiger partial charge in [0.05, 0.1) is 18.3 Å². The van der Waals surface area contributed by atoms with Gasteiger partial charge in [0.25, 0.3) is 0 Å². The number of hydrogen-bond donors (Lipinski definition) is 2. The summed E-state index contributed by atoms with van der Waals surface area (Å²) in [5, 5.41) is 14.1. The van der Waals surface area contributed by atoms with Gasteiger partial charge in [-0.3, -0.25) is 4.90 Å². The summed E-state index contributed by atoms with van der Waals surface area (Å²) < 4.78 is 44.3. The molecule has 7 heteroatoms. The summed E-state index contributed by atoms with van der Waals surface area (Å²) >= 11 is 0. The minimum absolute atomic E-state index is 0.121. The van der Waals surface area contributed by atoms with Gasteiger partial charge in [0.15, 0.2) is 0 Å². The molecule has 0 aromatic heterocycles. The van der Waals surface area contributed by atoms with Gasteiger partial charge >= 0.3 is 6.18 Å². The van der Waals surface area contributed by atoms with Crippen molar-refractivity contribution in [3.8, 4) is 5.75 Å². The smallest absolute Gasteiger partial charge is 0.416 e. The van der Waals surface area contributed by atoms with Crippen molar-refractivity contribution in [1.29, 1.82) is 0 Å². The van der Waals surface area contributed by atoms with E-state index in [0.29, 0.717) is 6.54 Å². The quantitative estimate of drug-likeness (QED) is 0.664. The molecule has 30 heavy (non-hydrogen) atoms. The van der Waals surface area contributed by atoms with Crippen molar-refractivity contribution in [2.24, 2.45) is 0 Å². The third-order valence-electron chi connectivity index (χ3n) is 5.70. The Labute approximate surface area is 175 Å². The van der Waals surface area contributed by atoms with Crippen LogP contribution in [-0.4, -0.2) is 43.3 Å². The number of rotatable bonds is 8. The molecule has 0 bridgehead atoms. The van der Waals surface area contributed by atoms with E-state index in [0.717, 1.165) is 49.4 Å². The number of hydrogen-bond acceptors (Lipinski definition) is 4. The molecule has 2 aromatic carbocycles. The van der Waals surface area contributed by atoms with Crippen LogP contribution in [0.2, 0.25) is 0 Å². The third kappa shape index (κ3) is 5.53. The van der Waals surface area contributed by atoms with E-state index in [1.807, 2.05) is 24.3 Å². The van der Waals surface area contributed by atoms with Crippen LogP contribution in [0, 0.1) is 0 Å². The molecule has 2 atom stereocenters. The van der Waals surface area contributed by atoms with Gasteiger partial charge in [0.2, 0.25) is 0 Å². The van der Waals surface area contributed by atoms with Crippen LogP contribution in [0.3, 0.4) is 0 Å². The second-order valence-electron chi connectivity index (χ2n) is 8.02. The summed E-state index contributed by atoms with van der Waals surface area (Å²) in [7, 11) is 1.63. The number of nitrogens with one attached hydrogen (secondary N) is 1. The van der Waals surface area contributed by atoms with Crippen molar-refractivity contribution in [1.82, 2.24) is 10.2 Å². The predicted octanol–water partition coefficient (Wildman–Crippen LogP) is 4.35. The lowest BCUT2D eigenvalue weighted by Gasteiger charge is -2.31. The minimum Gasteiger partial charge on any atom is -0.497 e. The second kappa shape index (κ2) is 9.37. The Balaban J connectivity index is 1.69. The molecule has 0 radical (unpaired) electrons. The maximum Gasteiger partial charge on any atom is 0.416 e. The summed E-state index contributed by atoms with van der Waals surface area (Å²) in [5.74, 6) is 0.791. The standard InChI is InChI=1S/C23H29F3N2O2/c1-22(29,18-6-5-7-19(14-18)23(24,25)26)16-27-15-21(28-12-3-4-13-28)17-8-10-20(30-2)11-9-17/h5-11,14,21,27,29H,3-4,12-13,15-16H2,1-2H3. The molecule has 1 fully saturated rings. The molecule has 1 heterocycles. The molecule has 2 aromatic rings. The van der Waals surface area contributed by atoms with Gasteiger partial charge in [-0.05, 0) is 68.2 Å². The van der Waals surface area contributed by atoms with Crippen molar-refractivity contribution < 1.29 is 23.0 Å². The fourth-order valence-corrected chi connectivity index (χ4v) is 3.92. The molecular weight excluding hydrogens is 393 g/mol. The van der Waals surface area contributed by atoms with Crippen LogP contribution in [-0.2, 0) is 11.8 Å². The summed E-state index contributed by atoms with van der Waals surface area (Å²) in [6.45, 7) is 4.27. The number of ether oxygens (including phenoxy) is 1. The molecule has 164 valence electrons. The molecule has 0 amide bonds. The first-order valence-corrected chi connectivity index (χ1v) is 10.2. The SMILES string of the molecule is COc1ccc(C(CNCC(C)(O)c2cccc(C(F)(F)F)c2)N2CCCC2)cc1. The van der Waals surface area contributed by atoms with E-state index >= 15 is 0 Å². The van der Waals surface area contributed by atoms with Gasteiger partial charge < -0.3 is 15.2 Å². The van der Waals surface area contributed by atoms with Gasteiger partial charge in [0, 0.05) is 19.1 Å². The first kappa shape index (κ1) is 22.6. The largest absolute Gasteiger partial charge is 0.497 e. The predicted molar refractivity (Wildman–Crippen MR) is 110 cm³/mol. The molecule has 3 rings (SSSR count). The van der Waals surface area contributed by atoms with Crippen molar-refractivity contribution in [2.45, 2.75) is 37.6 Å². The van der Waals surface area contributed by atoms with Crippen LogP contribution < -0.4 is 10.1 Å². The van der Waals surface area contributed by atoms with E-state index in [2.05, 4.69) is 10.2 Å². The van der Waals surface area contributed by atoms with Crippen molar-refractivity contribution >= 4 is 0 Å². The molecule has 1 saturated heterocycles. The topological polar surface area (TPSA) is 44.7 Å². The van der Waals surface area contributed by atoms with Gasteiger partial charge in [-0.2, -0.15) is 13.2 Å². The van der Waals surface area contributed by atoms with Crippen LogP contribution in [0.4, 0.5) is 13.2 Å². The molecule has 0 aliphatic carbocycles. The minimum atomic E-state index is -4.44. The summed E-state index contributed by atoms with van der Waals surface area (Å²) in [4.78, 5) is 2.40. The van der Waals surface area contributed by atoms with Crippen molar-refractivity contribution in [3.63, 3.8) is 0 Å². The van der Waals surface area contributed by atoms with Gasteiger partial charge in [-0.1, -0.05) is 24.3 Å². The van der Waals surface area contributed by atoms with Gasteiger partial charge in [-0.15, -0.1) is 0 Å². The number of aliphatic hydroxyl groups is 1. The van der Waals surface area contributed by atoms with Gasteiger partial charge in [-0.25, -0.2) is 0 Å². The molecule has 0 spiro atoms. The van der Waals surface area contributed by atoms with E-state index in [-0.39, 0.29) is 18.2 Å². The van der Waals surface area contributed by atoms with Crippen LogP contribution in [0.1, 0.15) is 42.5 Å². The Kier molecular flexibility index (Phi) is 7.06. The fourth-order valence-electron chi connectivity index (χ4n) is 3.92. The number of benzene rings is 2.